The summed E-state index contributed by atoms with van der Waals surface area (Å²) in [5, 5.41) is 11.6. The lowest BCUT2D eigenvalue weighted by molar-refractivity contribution is 0.284. The lowest BCUT2D eigenvalue weighted by Crippen LogP contribution is -2.41. The van der Waals surface area contributed by atoms with Crippen LogP contribution in [0.25, 0.3) is 0 Å². The Hall–Kier alpha value is -1.56. The summed E-state index contributed by atoms with van der Waals surface area (Å²) in [5.74, 6) is 1.25. The van der Waals surface area contributed by atoms with E-state index in [-0.39, 0.29) is 11.9 Å². The molecule has 0 aromatic carbocycles. The first kappa shape index (κ1) is 12.5. The molecular formula is C10H19N5O. The minimum absolute atomic E-state index is 0.0785. The van der Waals surface area contributed by atoms with Crippen LogP contribution >= 0.6 is 0 Å². The van der Waals surface area contributed by atoms with Gasteiger partial charge in [0, 0.05) is 32.4 Å². The van der Waals surface area contributed by atoms with Gasteiger partial charge in [0.15, 0.2) is 5.84 Å². The summed E-state index contributed by atoms with van der Waals surface area (Å²) < 4.78 is 1.99. The van der Waals surface area contributed by atoms with Crippen LogP contribution in [-0.4, -0.2) is 45.1 Å². The molecule has 1 unspecified atom stereocenters. The molecule has 0 saturated heterocycles. The molecule has 0 saturated carbocycles. The molecule has 0 radical (unpaired) electrons. The highest BCUT2D eigenvalue weighted by Gasteiger charge is 2.14. The van der Waals surface area contributed by atoms with Crippen LogP contribution in [0.3, 0.4) is 0 Å². The molecule has 0 fully saturated rings. The van der Waals surface area contributed by atoms with Gasteiger partial charge in [0.05, 0.1) is 6.04 Å². The number of likely N-dealkylation sites (N-methyl/N-ethyl adjacent to an activating group) is 1. The van der Waals surface area contributed by atoms with Crippen molar-refractivity contribution < 1.29 is 5.21 Å². The van der Waals surface area contributed by atoms with Crippen molar-refractivity contribution in [2.24, 2.45) is 17.9 Å². The van der Waals surface area contributed by atoms with E-state index in [1.807, 2.05) is 36.7 Å². The van der Waals surface area contributed by atoms with Crippen molar-refractivity contribution in [2.75, 3.05) is 13.6 Å². The van der Waals surface area contributed by atoms with Crippen molar-refractivity contribution in [3.63, 3.8) is 0 Å². The molecule has 0 aliphatic heterocycles. The fourth-order valence-electron chi connectivity index (χ4n) is 1.42. The number of rotatable bonds is 5. The molecule has 1 rings (SSSR count). The molecule has 1 aromatic heterocycles. The predicted octanol–water partition coefficient (Wildman–Crippen LogP) is 0.0293. The molecule has 3 N–H and O–H groups in total. The summed E-state index contributed by atoms with van der Waals surface area (Å²) in [6.45, 7) is 2.70. The largest absolute Gasteiger partial charge is 0.409 e. The number of aryl methyl sites for hydroxylation is 1. The van der Waals surface area contributed by atoms with Crippen LogP contribution < -0.4 is 5.73 Å². The van der Waals surface area contributed by atoms with E-state index in [4.69, 9.17) is 10.9 Å². The summed E-state index contributed by atoms with van der Waals surface area (Å²) in [6, 6.07) is -0.0785. The molecule has 0 amide bonds. The maximum Gasteiger partial charge on any atom is 0.156 e. The van der Waals surface area contributed by atoms with Gasteiger partial charge in [-0.05, 0) is 14.0 Å². The number of oxime groups is 1. The SMILES string of the molecule is CC(/C(N)=N/O)N(C)CCc1nccn1C. The highest BCUT2D eigenvalue weighted by atomic mass is 16.4. The van der Waals surface area contributed by atoms with E-state index in [0.29, 0.717) is 0 Å². The minimum Gasteiger partial charge on any atom is -0.409 e. The summed E-state index contributed by atoms with van der Waals surface area (Å²) in [5.41, 5.74) is 5.53. The van der Waals surface area contributed by atoms with Gasteiger partial charge in [0.2, 0.25) is 0 Å². The third-order valence-electron chi connectivity index (χ3n) is 2.81. The zero-order valence-electron chi connectivity index (χ0n) is 9.96. The number of amidine groups is 1. The minimum atomic E-state index is -0.0785. The van der Waals surface area contributed by atoms with Crippen LogP contribution in [0.5, 0.6) is 0 Å². The van der Waals surface area contributed by atoms with Gasteiger partial charge in [0.1, 0.15) is 5.82 Å². The van der Waals surface area contributed by atoms with Crippen LogP contribution in [0.2, 0.25) is 0 Å². The van der Waals surface area contributed by atoms with Gasteiger partial charge in [-0.1, -0.05) is 5.16 Å². The number of aromatic nitrogens is 2. The Bertz CT molecular complexity index is 360. The van der Waals surface area contributed by atoms with Crippen LogP contribution in [0, 0.1) is 0 Å². The van der Waals surface area contributed by atoms with E-state index in [9.17, 15) is 0 Å². The van der Waals surface area contributed by atoms with Gasteiger partial charge in [-0.2, -0.15) is 0 Å². The van der Waals surface area contributed by atoms with Crippen LogP contribution in [-0.2, 0) is 13.5 Å². The molecule has 0 aliphatic carbocycles. The second kappa shape index (κ2) is 5.50. The number of nitrogens with zero attached hydrogens (tertiary/aromatic N) is 4. The number of nitrogens with two attached hydrogens (primary N) is 1. The molecule has 0 aliphatic rings. The first-order valence-electron chi connectivity index (χ1n) is 5.20. The fraction of sp³-hybridized carbons (Fsp3) is 0.600. The lowest BCUT2D eigenvalue weighted by Gasteiger charge is -2.23. The van der Waals surface area contributed by atoms with Crippen molar-refractivity contribution in [2.45, 2.75) is 19.4 Å². The van der Waals surface area contributed by atoms with E-state index >= 15 is 0 Å². The van der Waals surface area contributed by atoms with E-state index in [1.54, 1.807) is 6.20 Å². The van der Waals surface area contributed by atoms with Crippen molar-refractivity contribution in [3.8, 4) is 0 Å². The lowest BCUT2D eigenvalue weighted by atomic mass is 10.2. The Morgan fingerprint density at radius 2 is 2.44 bits per heavy atom. The van der Waals surface area contributed by atoms with Crippen molar-refractivity contribution in [1.29, 1.82) is 0 Å². The van der Waals surface area contributed by atoms with Gasteiger partial charge in [-0.15, -0.1) is 0 Å². The van der Waals surface area contributed by atoms with E-state index < -0.39 is 0 Å². The maximum absolute atomic E-state index is 8.57. The standard InChI is InChI=1S/C10H19N5O/c1-8(10(11)13-16)14(2)6-4-9-12-5-7-15(9)3/h5,7-8,16H,4,6H2,1-3H3,(H2,11,13). The molecule has 1 heterocycles. The van der Waals surface area contributed by atoms with Gasteiger partial charge in [0.25, 0.3) is 0 Å². The third-order valence-corrected chi connectivity index (χ3v) is 2.81. The Morgan fingerprint density at radius 3 is 2.94 bits per heavy atom. The second-order valence-electron chi connectivity index (χ2n) is 3.89. The molecule has 6 nitrogen and oxygen atoms in total. The summed E-state index contributed by atoms with van der Waals surface area (Å²) in [6.07, 6.45) is 4.54. The Labute approximate surface area is 95.4 Å². The zero-order chi connectivity index (χ0) is 12.1. The number of hydrogen-bond acceptors (Lipinski definition) is 4. The normalized spacial score (nSPS) is 14.4. The number of imidazole rings is 1. The van der Waals surface area contributed by atoms with Crippen molar-refractivity contribution >= 4 is 5.84 Å². The molecule has 1 atom stereocenters. The topological polar surface area (TPSA) is 79.7 Å². The fourth-order valence-corrected chi connectivity index (χ4v) is 1.42. The quantitative estimate of drug-likeness (QED) is 0.321. The highest BCUT2D eigenvalue weighted by molar-refractivity contribution is 5.84. The van der Waals surface area contributed by atoms with Gasteiger partial charge < -0.3 is 15.5 Å². The zero-order valence-corrected chi connectivity index (χ0v) is 9.96. The Kier molecular flexibility index (Phi) is 4.30. The predicted molar refractivity (Wildman–Crippen MR) is 62.4 cm³/mol. The first-order chi connectivity index (χ1) is 7.56. The Morgan fingerprint density at radius 1 is 1.75 bits per heavy atom. The monoisotopic (exact) mass is 225 g/mol. The second-order valence-corrected chi connectivity index (χ2v) is 3.89. The van der Waals surface area contributed by atoms with Crippen molar-refractivity contribution in [3.05, 3.63) is 18.2 Å². The summed E-state index contributed by atoms with van der Waals surface area (Å²) in [4.78, 5) is 6.26. The highest BCUT2D eigenvalue weighted by Crippen LogP contribution is 2.00. The average molecular weight is 225 g/mol. The van der Waals surface area contributed by atoms with Gasteiger partial charge in [-0.3, -0.25) is 4.90 Å². The van der Waals surface area contributed by atoms with Gasteiger partial charge in [-0.25, -0.2) is 4.98 Å². The summed E-state index contributed by atoms with van der Waals surface area (Å²) in [7, 11) is 3.90. The van der Waals surface area contributed by atoms with Crippen LogP contribution in [0.15, 0.2) is 17.5 Å². The molecule has 6 heteroatoms. The van der Waals surface area contributed by atoms with Crippen molar-refractivity contribution in [1.82, 2.24) is 14.5 Å². The smallest absolute Gasteiger partial charge is 0.156 e. The first-order valence-corrected chi connectivity index (χ1v) is 5.20. The van der Waals surface area contributed by atoms with Crippen LogP contribution in [0.4, 0.5) is 0 Å². The average Bonchev–Trinajstić information content (AvgIpc) is 2.69. The van der Waals surface area contributed by atoms with E-state index in [0.717, 1.165) is 18.8 Å². The van der Waals surface area contributed by atoms with E-state index in [1.165, 1.54) is 0 Å². The molecule has 90 valence electrons. The molecule has 16 heavy (non-hydrogen) atoms. The molecule has 1 aromatic rings. The third kappa shape index (κ3) is 2.96. The maximum atomic E-state index is 8.57. The van der Waals surface area contributed by atoms with Gasteiger partial charge >= 0.3 is 0 Å². The molecule has 0 bridgehead atoms. The molecular weight excluding hydrogens is 206 g/mol. The molecule has 0 spiro atoms. The number of hydrogen-bond donors (Lipinski definition) is 2. The van der Waals surface area contributed by atoms with Crippen LogP contribution in [0.1, 0.15) is 12.7 Å². The summed E-state index contributed by atoms with van der Waals surface area (Å²) >= 11 is 0. The van der Waals surface area contributed by atoms with E-state index in [2.05, 4.69) is 10.1 Å². The Balaban J connectivity index is 2.47.